The Balaban J connectivity index is 2.01. The van der Waals surface area contributed by atoms with E-state index < -0.39 is 0 Å². The number of fused-ring (bicyclic) bond motifs is 5. The predicted molar refractivity (Wildman–Crippen MR) is 89.8 cm³/mol. The Morgan fingerprint density at radius 3 is 1.62 bits per heavy atom. The Morgan fingerprint density at radius 2 is 1.14 bits per heavy atom. The Labute approximate surface area is 128 Å². The first-order chi connectivity index (χ1) is 10.2. The van der Waals surface area contributed by atoms with Gasteiger partial charge in [0.15, 0.2) is 0 Å². The summed E-state index contributed by atoms with van der Waals surface area (Å²) >= 11 is 0. The minimum absolute atomic E-state index is 0.305. The largest absolute Gasteiger partial charge is 0.0587 e. The molecule has 0 bridgehead atoms. The molecule has 0 aliphatic heterocycles. The molecule has 0 heteroatoms. The number of hydrogen-bond acceptors (Lipinski definition) is 0. The molecular weight excluding hydrogens is 252 g/mol. The molecular formula is C21H24. The number of rotatable bonds is 0. The van der Waals surface area contributed by atoms with E-state index >= 15 is 0 Å². The van der Waals surface area contributed by atoms with Gasteiger partial charge >= 0.3 is 0 Å². The molecule has 1 fully saturated rings. The van der Waals surface area contributed by atoms with Gasteiger partial charge in [-0.15, -0.1) is 0 Å². The summed E-state index contributed by atoms with van der Waals surface area (Å²) in [4.78, 5) is 0. The van der Waals surface area contributed by atoms with Crippen LogP contribution in [0.25, 0.3) is 11.1 Å². The molecule has 2 aromatic rings. The number of hydrogen-bond donors (Lipinski definition) is 0. The minimum atomic E-state index is 0.305. The van der Waals surface area contributed by atoms with E-state index in [0.29, 0.717) is 5.41 Å². The SMILES string of the molecule is Cc1ccc2c(c1)C1(CCCCCC1)c1cc(C)ccc1-2. The van der Waals surface area contributed by atoms with Crippen molar-refractivity contribution in [3.8, 4) is 11.1 Å². The molecule has 108 valence electrons. The van der Waals surface area contributed by atoms with E-state index in [1.165, 1.54) is 60.8 Å². The van der Waals surface area contributed by atoms with E-state index in [2.05, 4.69) is 50.2 Å². The van der Waals surface area contributed by atoms with Crippen molar-refractivity contribution in [2.75, 3.05) is 0 Å². The lowest BCUT2D eigenvalue weighted by atomic mass is 9.72. The summed E-state index contributed by atoms with van der Waals surface area (Å²) in [6.45, 7) is 4.47. The van der Waals surface area contributed by atoms with Gasteiger partial charge in [0.1, 0.15) is 0 Å². The third-order valence-corrected chi connectivity index (χ3v) is 5.63. The van der Waals surface area contributed by atoms with E-state index in [-0.39, 0.29) is 0 Å². The summed E-state index contributed by atoms with van der Waals surface area (Å²) in [6, 6.07) is 14.2. The van der Waals surface area contributed by atoms with Gasteiger partial charge < -0.3 is 0 Å². The second kappa shape index (κ2) is 4.73. The zero-order chi connectivity index (χ0) is 14.4. The third-order valence-electron chi connectivity index (χ3n) is 5.63. The second-order valence-corrected chi connectivity index (χ2v) is 7.09. The molecule has 4 rings (SSSR count). The molecule has 0 aromatic heterocycles. The lowest BCUT2D eigenvalue weighted by Gasteiger charge is -2.31. The molecule has 2 aliphatic rings. The summed E-state index contributed by atoms with van der Waals surface area (Å²) in [5.41, 5.74) is 9.34. The fraction of sp³-hybridized carbons (Fsp3) is 0.429. The summed E-state index contributed by atoms with van der Waals surface area (Å²) in [6.07, 6.45) is 8.23. The van der Waals surface area contributed by atoms with Crippen LogP contribution in [0.1, 0.15) is 60.8 Å². The van der Waals surface area contributed by atoms with E-state index in [0.717, 1.165) is 0 Å². The van der Waals surface area contributed by atoms with Gasteiger partial charge in [-0.2, -0.15) is 0 Å². The number of benzene rings is 2. The van der Waals surface area contributed by atoms with Gasteiger partial charge in [-0.05, 0) is 48.9 Å². The fourth-order valence-corrected chi connectivity index (χ4v) is 4.59. The highest BCUT2D eigenvalue weighted by molar-refractivity contribution is 5.81. The van der Waals surface area contributed by atoms with Crippen molar-refractivity contribution in [2.45, 2.75) is 57.8 Å². The van der Waals surface area contributed by atoms with Crippen LogP contribution in [0.5, 0.6) is 0 Å². The first-order valence-corrected chi connectivity index (χ1v) is 8.43. The zero-order valence-corrected chi connectivity index (χ0v) is 13.2. The maximum absolute atomic E-state index is 2.47. The Kier molecular flexibility index (Phi) is 2.96. The minimum Gasteiger partial charge on any atom is -0.0587 e. The average molecular weight is 276 g/mol. The summed E-state index contributed by atoms with van der Waals surface area (Å²) in [5, 5.41) is 0. The molecule has 2 aliphatic carbocycles. The molecule has 0 atom stereocenters. The normalized spacial score (nSPS) is 19.1. The highest BCUT2D eigenvalue weighted by Gasteiger charge is 2.42. The molecule has 0 unspecified atom stereocenters. The Hall–Kier alpha value is -1.56. The average Bonchev–Trinajstić information content (AvgIpc) is 2.65. The van der Waals surface area contributed by atoms with Crippen molar-refractivity contribution < 1.29 is 0 Å². The molecule has 2 aromatic carbocycles. The smallest absolute Gasteiger partial charge is 0.0215 e. The maximum atomic E-state index is 2.47. The van der Waals surface area contributed by atoms with Gasteiger partial charge in [-0.1, -0.05) is 73.2 Å². The van der Waals surface area contributed by atoms with Crippen LogP contribution in [0, 0.1) is 13.8 Å². The molecule has 0 heterocycles. The number of aryl methyl sites for hydroxylation is 2. The summed E-state index contributed by atoms with van der Waals surface area (Å²) in [5.74, 6) is 0. The molecule has 21 heavy (non-hydrogen) atoms. The Bertz CT molecular complexity index is 632. The van der Waals surface area contributed by atoms with Crippen LogP contribution in [0.15, 0.2) is 36.4 Å². The van der Waals surface area contributed by atoms with E-state index in [4.69, 9.17) is 0 Å². The summed E-state index contributed by atoms with van der Waals surface area (Å²) < 4.78 is 0. The monoisotopic (exact) mass is 276 g/mol. The molecule has 1 spiro atoms. The van der Waals surface area contributed by atoms with Crippen molar-refractivity contribution in [3.63, 3.8) is 0 Å². The molecule has 0 amide bonds. The second-order valence-electron chi connectivity index (χ2n) is 7.09. The van der Waals surface area contributed by atoms with Crippen LogP contribution in [0.4, 0.5) is 0 Å². The third kappa shape index (κ3) is 1.88. The van der Waals surface area contributed by atoms with Gasteiger partial charge in [-0.3, -0.25) is 0 Å². The van der Waals surface area contributed by atoms with Crippen LogP contribution in [0.2, 0.25) is 0 Å². The predicted octanol–water partition coefficient (Wildman–Crippen LogP) is 5.92. The molecule has 0 nitrogen and oxygen atoms in total. The maximum Gasteiger partial charge on any atom is 0.0215 e. The highest BCUT2D eigenvalue weighted by Crippen LogP contribution is 2.55. The molecule has 0 saturated heterocycles. The Morgan fingerprint density at radius 1 is 0.667 bits per heavy atom. The van der Waals surface area contributed by atoms with Crippen molar-refractivity contribution in [2.24, 2.45) is 0 Å². The van der Waals surface area contributed by atoms with Crippen molar-refractivity contribution >= 4 is 0 Å². The van der Waals surface area contributed by atoms with Gasteiger partial charge in [0, 0.05) is 5.41 Å². The quantitative estimate of drug-likeness (QED) is 0.560. The van der Waals surface area contributed by atoms with Crippen molar-refractivity contribution in [1.29, 1.82) is 0 Å². The van der Waals surface area contributed by atoms with Gasteiger partial charge in [-0.25, -0.2) is 0 Å². The van der Waals surface area contributed by atoms with E-state index in [1.54, 1.807) is 11.1 Å². The van der Waals surface area contributed by atoms with Crippen molar-refractivity contribution in [1.82, 2.24) is 0 Å². The van der Waals surface area contributed by atoms with E-state index in [9.17, 15) is 0 Å². The van der Waals surface area contributed by atoms with Crippen LogP contribution < -0.4 is 0 Å². The van der Waals surface area contributed by atoms with Gasteiger partial charge in [0.05, 0.1) is 0 Å². The van der Waals surface area contributed by atoms with E-state index in [1.807, 2.05) is 0 Å². The van der Waals surface area contributed by atoms with Crippen molar-refractivity contribution in [3.05, 3.63) is 58.7 Å². The fourth-order valence-electron chi connectivity index (χ4n) is 4.59. The van der Waals surface area contributed by atoms with Crippen LogP contribution in [0.3, 0.4) is 0 Å². The van der Waals surface area contributed by atoms with Crippen LogP contribution in [-0.4, -0.2) is 0 Å². The van der Waals surface area contributed by atoms with Gasteiger partial charge in [0.25, 0.3) is 0 Å². The standard InChI is InChI=1S/C21H24/c1-15-7-9-17-18-10-8-16(2)14-20(18)21(19(17)13-15)11-5-3-4-6-12-21/h7-10,13-14H,3-6,11-12H2,1-2H3. The summed E-state index contributed by atoms with van der Waals surface area (Å²) in [7, 11) is 0. The molecule has 1 saturated carbocycles. The highest BCUT2D eigenvalue weighted by atomic mass is 14.5. The zero-order valence-electron chi connectivity index (χ0n) is 13.2. The first kappa shape index (κ1) is 13.1. The molecule has 0 N–H and O–H groups in total. The van der Waals surface area contributed by atoms with Gasteiger partial charge in [0.2, 0.25) is 0 Å². The topological polar surface area (TPSA) is 0 Å². The first-order valence-electron chi connectivity index (χ1n) is 8.43. The van der Waals surface area contributed by atoms with Crippen LogP contribution >= 0.6 is 0 Å². The lowest BCUT2D eigenvalue weighted by Crippen LogP contribution is -2.24. The van der Waals surface area contributed by atoms with Crippen LogP contribution in [-0.2, 0) is 5.41 Å². The molecule has 0 radical (unpaired) electrons. The lowest BCUT2D eigenvalue weighted by molar-refractivity contribution is 0.456.